The first kappa shape index (κ1) is 13.7. The first-order valence-corrected chi connectivity index (χ1v) is 6.57. The molecule has 0 aliphatic carbocycles. The van der Waals surface area contributed by atoms with Crippen molar-refractivity contribution in [2.75, 3.05) is 0 Å². The summed E-state index contributed by atoms with van der Waals surface area (Å²) in [5, 5.41) is 7.80. The first-order valence-electron chi connectivity index (χ1n) is 6.57. The second kappa shape index (κ2) is 5.97. The van der Waals surface area contributed by atoms with Gasteiger partial charge in [-0.3, -0.25) is 4.68 Å². The third-order valence-corrected chi connectivity index (χ3v) is 3.26. The van der Waals surface area contributed by atoms with Crippen molar-refractivity contribution in [3.8, 4) is 0 Å². The van der Waals surface area contributed by atoms with Crippen LogP contribution in [0.5, 0.6) is 0 Å². The molecule has 3 nitrogen and oxygen atoms in total. The fourth-order valence-electron chi connectivity index (χ4n) is 2.22. The summed E-state index contributed by atoms with van der Waals surface area (Å²) < 4.78 is 14.9. The monoisotopic (exact) mass is 261 g/mol. The van der Waals surface area contributed by atoms with E-state index >= 15 is 0 Å². The fourth-order valence-corrected chi connectivity index (χ4v) is 2.22. The summed E-state index contributed by atoms with van der Waals surface area (Å²) in [7, 11) is 1.94. The van der Waals surface area contributed by atoms with E-state index in [9.17, 15) is 4.39 Å². The molecule has 2 aromatic rings. The lowest BCUT2D eigenvalue weighted by molar-refractivity contribution is 0.622. The smallest absolute Gasteiger partial charge is 0.123 e. The van der Waals surface area contributed by atoms with Gasteiger partial charge >= 0.3 is 0 Å². The van der Waals surface area contributed by atoms with E-state index in [0.717, 1.165) is 36.3 Å². The van der Waals surface area contributed by atoms with Gasteiger partial charge in [-0.15, -0.1) is 0 Å². The largest absolute Gasteiger partial charge is 0.308 e. The Balaban J connectivity index is 1.96. The van der Waals surface area contributed by atoms with E-state index in [1.165, 1.54) is 11.6 Å². The number of benzene rings is 1. The summed E-state index contributed by atoms with van der Waals surface area (Å²) in [5.41, 5.74) is 4.47. The van der Waals surface area contributed by atoms with Gasteiger partial charge in [-0.05, 0) is 36.6 Å². The first-order chi connectivity index (χ1) is 9.10. The molecule has 0 spiro atoms. The molecular weight excluding hydrogens is 241 g/mol. The third-order valence-electron chi connectivity index (χ3n) is 3.26. The van der Waals surface area contributed by atoms with E-state index in [4.69, 9.17) is 0 Å². The normalized spacial score (nSPS) is 10.9. The maximum Gasteiger partial charge on any atom is 0.123 e. The number of nitrogens with one attached hydrogen (secondary N) is 1. The zero-order valence-corrected chi connectivity index (χ0v) is 11.7. The van der Waals surface area contributed by atoms with E-state index in [1.54, 1.807) is 6.07 Å². The second-order valence-corrected chi connectivity index (χ2v) is 4.80. The molecule has 0 aliphatic heterocycles. The lowest BCUT2D eigenvalue weighted by Gasteiger charge is -2.07. The second-order valence-electron chi connectivity index (χ2n) is 4.80. The van der Waals surface area contributed by atoms with E-state index in [-0.39, 0.29) is 5.82 Å². The summed E-state index contributed by atoms with van der Waals surface area (Å²) in [6.07, 6.45) is 2.98. The van der Waals surface area contributed by atoms with Crippen molar-refractivity contribution in [3.63, 3.8) is 0 Å². The molecule has 1 aromatic carbocycles. The molecular formula is C15H20FN3. The molecule has 4 heteroatoms. The average molecular weight is 261 g/mol. The van der Waals surface area contributed by atoms with E-state index in [1.807, 2.05) is 30.9 Å². The highest BCUT2D eigenvalue weighted by molar-refractivity contribution is 5.26. The summed E-state index contributed by atoms with van der Waals surface area (Å²) in [6.45, 7) is 5.57. The molecule has 0 amide bonds. The summed E-state index contributed by atoms with van der Waals surface area (Å²) in [4.78, 5) is 0. The van der Waals surface area contributed by atoms with Gasteiger partial charge in [-0.2, -0.15) is 5.10 Å². The molecule has 1 heterocycles. The van der Waals surface area contributed by atoms with Crippen molar-refractivity contribution < 1.29 is 4.39 Å². The highest BCUT2D eigenvalue weighted by Crippen LogP contribution is 2.11. The number of rotatable bonds is 5. The molecule has 0 atom stereocenters. The summed E-state index contributed by atoms with van der Waals surface area (Å²) in [6, 6.07) is 4.91. The van der Waals surface area contributed by atoms with Crippen LogP contribution < -0.4 is 5.32 Å². The standard InChI is InChI=1S/C15H20FN3/c1-4-15-13(10-19(3)18-15)9-17-8-12-5-6-14(16)7-11(12)2/h5-7,10,17H,4,8-9H2,1-3H3. The topological polar surface area (TPSA) is 29.9 Å². The molecule has 0 fully saturated rings. The Morgan fingerprint density at radius 2 is 2.00 bits per heavy atom. The molecule has 0 unspecified atom stereocenters. The molecule has 19 heavy (non-hydrogen) atoms. The number of nitrogens with zero attached hydrogens (tertiary/aromatic N) is 2. The predicted octanol–water partition coefficient (Wildman–Crippen LogP) is 2.72. The maximum atomic E-state index is 13.0. The molecule has 2 rings (SSSR count). The lowest BCUT2D eigenvalue weighted by atomic mass is 10.1. The molecule has 0 saturated heterocycles. The number of hydrogen-bond donors (Lipinski definition) is 1. The lowest BCUT2D eigenvalue weighted by Crippen LogP contribution is -2.14. The molecule has 0 saturated carbocycles. The Morgan fingerprint density at radius 1 is 1.26 bits per heavy atom. The van der Waals surface area contributed by atoms with Gasteiger partial charge in [0, 0.05) is 31.9 Å². The van der Waals surface area contributed by atoms with Crippen molar-refractivity contribution in [2.24, 2.45) is 7.05 Å². The minimum Gasteiger partial charge on any atom is -0.308 e. The van der Waals surface area contributed by atoms with Crippen molar-refractivity contribution in [1.82, 2.24) is 15.1 Å². The zero-order valence-electron chi connectivity index (χ0n) is 11.7. The molecule has 0 aliphatic rings. The third kappa shape index (κ3) is 3.41. The minimum atomic E-state index is -0.179. The summed E-state index contributed by atoms with van der Waals surface area (Å²) >= 11 is 0. The summed E-state index contributed by atoms with van der Waals surface area (Å²) in [5.74, 6) is -0.179. The van der Waals surface area contributed by atoms with Gasteiger partial charge in [0.15, 0.2) is 0 Å². The quantitative estimate of drug-likeness (QED) is 0.897. The zero-order chi connectivity index (χ0) is 13.8. The van der Waals surface area contributed by atoms with Gasteiger partial charge in [0.2, 0.25) is 0 Å². The highest BCUT2D eigenvalue weighted by atomic mass is 19.1. The van der Waals surface area contributed by atoms with Crippen LogP contribution in [-0.2, 0) is 26.6 Å². The Morgan fingerprint density at radius 3 is 2.68 bits per heavy atom. The predicted molar refractivity (Wildman–Crippen MR) is 74.3 cm³/mol. The molecule has 1 N–H and O–H groups in total. The van der Waals surface area contributed by atoms with Crippen LogP contribution >= 0.6 is 0 Å². The van der Waals surface area contributed by atoms with Gasteiger partial charge in [0.25, 0.3) is 0 Å². The van der Waals surface area contributed by atoms with Crippen LogP contribution in [0.1, 0.15) is 29.3 Å². The van der Waals surface area contributed by atoms with Crippen LogP contribution in [0.25, 0.3) is 0 Å². The molecule has 102 valence electrons. The van der Waals surface area contributed by atoms with Crippen LogP contribution in [0.15, 0.2) is 24.4 Å². The Labute approximate surface area is 113 Å². The number of hydrogen-bond acceptors (Lipinski definition) is 2. The van der Waals surface area contributed by atoms with Gasteiger partial charge in [-0.25, -0.2) is 4.39 Å². The van der Waals surface area contributed by atoms with Gasteiger partial charge in [0.05, 0.1) is 5.69 Å². The Hall–Kier alpha value is -1.68. The molecule has 1 aromatic heterocycles. The van der Waals surface area contributed by atoms with Gasteiger partial charge in [-0.1, -0.05) is 13.0 Å². The number of halogens is 1. The van der Waals surface area contributed by atoms with Gasteiger partial charge in [0.1, 0.15) is 5.82 Å². The van der Waals surface area contributed by atoms with Crippen molar-refractivity contribution >= 4 is 0 Å². The van der Waals surface area contributed by atoms with Crippen LogP contribution in [0.4, 0.5) is 4.39 Å². The number of aromatic nitrogens is 2. The average Bonchev–Trinajstić information content (AvgIpc) is 2.72. The fraction of sp³-hybridized carbons (Fsp3) is 0.400. The van der Waals surface area contributed by atoms with E-state index in [2.05, 4.69) is 17.3 Å². The molecule has 0 bridgehead atoms. The van der Waals surface area contributed by atoms with E-state index in [0.29, 0.717) is 0 Å². The SMILES string of the molecule is CCc1nn(C)cc1CNCc1ccc(F)cc1C. The van der Waals surface area contributed by atoms with Crippen LogP contribution in [0.2, 0.25) is 0 Å². The van der Waals surface area contributed by atoms with Crippen LogP contribution in [0, 0.1) is 12.7 Å². The van der Waals surface area contributed by atoms with Crippen LogP contribution in [-0.4, -0.2) is 9.78 Å². The maximum absolute atomic E-state index is 13.0. The van der Waals surface area contributed by atoms with Crippen molar-refractivity contribution in [1.29, 1.82) is 0 Å². The van der Waals surface area contributed by atoms with Crippen molar-refractivity contribution in [3.05, 3.63) is 52.6 Å². The van der Waals surface area contributed by atoms with Crippen molar-refractivity contribution in [2.45, 2.75) is 33.4 Å². The molecule has 0 radical (unpaired) electrons. The minimum absolute atomic E-state index is 0.179. The van der Waals surface area contributed by atoms with Gasteiger partial charge < -0.3 is 5.32 Å². The Kier molecular flexibility index (Phi) is 4.32. The highest BCUT2D eigenvalue weighted by Gasteiger charge is 2.06. The Bertz CT molecular complexity index is 561. The number of aryl methyl sites for hydroxylation is 3. The van der Waals surface area contributed by atoms with E-state index < -0.39 is 0 Å². The van der Waals surface area contributed by atoms with Crippen LogP contribution in [0.3, 0.4) is 0 Å².